The number of carbonyl (C=O) groups is 1. The summed E-state index contributed by atoms with van der Waals surface area (Å²) in [6.45, 7) is 3.87. The number of fused-ring (bicyclic) bond motifs is 1. The normalized spacial score (nSPS) is 11.3. The molecule has 0 fully saturated rings. The standard InChI is InChI=1S/C28H31N3O2S/c1-4-33-24-16-11-17-25-27(24)29-28(34-25)31(19-18-30(2)3)26(32)20-23(21-12-7-5-8-13-21)22-14-9-6-10-15-22/h5-17,23H,4,18-20H2,1-3H3. The average molecular weight is 474 g/mol. The zero-order valence-corrected chi connectivity index (χ0v) is 20.8. The predicted molar refractivity (Wildman–Crippen MR) is 141 cm³/mol. The monoisotopic (exact) mass is 473 g/mol. The Morgan fingerprint density at radius 3 is 2.15 bits per heavy atom. The van der Waals surface area contributed by atoms with Gasteiger partial charge in [-0.1, -0.05) is 78.1 Å². The maximum atomic E-state index is 13.8. The first-order chi connectivity index (χ1) is 16.6. The number of hydrogen-bond donors (Lipinski definition) is 0. The highest BCUT2D eigenvalue weighted by Crippen LogP contribution is 2.36. The maximum absolute atomic E-state index is 13.8. The molecule has 1 heterocycles. The minimum absolute atomic E-state index is 0.0230. The second-order valence-electron chi connectivity index (χ2n) is 8.46. The van der Waals surface area contributed by atoms with Gasteiger partial charge in [0.2, 0.25) is 5.91 Å². The molecule has 0 spiro atoms. The highest BCUT2D eigenvalue weighted by atomic mass is 32.1. The fourth-order valence-corrected chi connectivity index (χ4v) is 5.04. The molecule has 6 heteroatoms. The highest BCUT2D eigenvalue weighted by Gasteiger charge is 2.25. The van der Waals surface area contributed by atoms with Gasteiger partial charge in [0, 0.05) is 25.4 Å². The maximum Gasteiger partial charge on any atom is 0.229 e. The Morgan fingerprint density at radius 1 is 0.912 bits per heavy atom. The smallest absolute Gasteiger partial charge is 0.229 e. The van der Waals surface area contributed by atoms with E-state index in [1.807, 2.05) is 80.5 Å². The summed E-state index contributed by atoms with van der Waals surface area (Å²) in [5, 5.41) is 0.717. The predicted octanol–water partition coefficient (Wildman–Crippen LogP) is 5.81. The van der Waals surface area contributed by atoms with Crippen molar-refractivity contribution < 1.29 is 9.53 Å². The molecule has 0 saturated heterocycles. The summed E-state index contributed by atoms with van der Waals surface area (Å²) in [5.41, 5.74) is 3.09. The lowest BCUT2D eigenvalue weighted by Crippen LogP contribution is -2.37. The van der Waals surface area contributed by atoms with Crippen LogP contribution in [0.25, 0.3) is 10.2 Å². The van der Waals surface area contributed by atoms with Crippen molar-refractivity contribution in [3.8, 4) is 5.75 Å². The molecule has 0 atom stereocenters. The van der Waals surface area contributed by atoms with Crippen molar-refractivity contribution in [2.45, 2.75) is 19.3 Å². The van der Waals surface area contributed by atoms with Crippen molar-refractivity contribution in [1.82, 2.24) is 9.88 Å². The molecule has 176 valence electrons. The van der Waals surface area contributed by atoms with E-state index in [1.165, 1.54) is 11.3 Å². The van der Waals surface area contributed by atoms with Crippen LogP contribution in [0.2, 0.25) is 0 Å². The van der Waals surface area contributed by atoms with E-state index in [4.69, 9.17) is 9.72 Å². The summed E-state index contributed by atoms with van der Waals surface area (Å²) >= 11 is 1.54. The third-order valence-corrected chi connectivity index (χ3v) is 6.80. The molecule has 0 radical (unpaired) electrons. The third-order valence-electron chi connectivity index (χ3n) is 5.76. The van der Waals surface area contributed by atoms with Crippen LogP contribution in [0.5, 0.6) is 5.75 Å². The first kappa shape index (κ1) is 23.9. The van der Waals surface area contributed by atoms with E-state index in [9.17, 15) is 4.79 Å². The van der Waals surface area contributed by atoms with Crippen LogP contribution in [0, 0.1) is 0 Å². The molecular formula is C28H31N3O2S. The van der Waals surface area contributed by atoms with Crippen LogP contribution in [-0.4, -0.2) is 49.6 Å². The van der Waals surface area contributed by atoms with Crippen molar-refractivity contribution in [2.24, 2.45) is 0 Å². The lowest BCUT2D eigenvalue weighted by atomic mass is 9.88. The zero-order valence-electron chi connectivity index (χ0n) is 20.0. The topological polar surface area (TPSA) is 45.7 Å². The third kappa shape index (κ3) is 5.64. The molecule has 0 bridgehead atoms. The van der Waals surface area contributed by atoms with Crippen LogP contribution >= 0.6 is 11.3 Å². The molecule has 0 saturated carbocycles. The van der Waals surface area contributed by atoms with Gasteiger partial charge in [-0.05, 0) is 44.3 Å². The zero-order chi connectivity index (χ0) is 23.9. The van der Waals surface area contributed by atoms with Gasteiger partial charge in [0.05, 0.1) is 11.3 Å². The Hall–Kier alpha value is -3.22. The molecule has 1 amide bonds. The van der Waals surface area contributed by atoms with Gasteiger partial charge in [-0.25, -0.2) is 4.98 Å². The summed E-state index contributed by atoms with van der Waals surface area (Å²) in [6, 6.07) is 26.5. The van der Waals surface area contributed by atoms with Crippen molar-refractivity contribution in [3.63, 3.8) is 0 Å². The summed E-state index contributed by atoms with van der Waals surface area (Å²) in [7, 11) is 4.04. The van der Waals surface area contributed by atoms with E-state index in [-0.39, 0.29) is 11.8 Å². The molecule has 4 aromatic rings. The van der Waals surface area contributed by atoms with Gasteiger partial charge in [-0.2, -0.15) is 0 Å². The van der Waals surface area contributed by atoms with Gasteiger partial charge in [0.25, 0.3) is 0 Å². The fourth-order valence-electron chi connectivity index (χ4n) is 4.01. The molecule has 5 nitrogen and oxygen atoms in total. The lowest BCUT2D eigenvalue weighted by molar-refractivity contribution is -0.118. The molecule has 0 N–H and O–H groups in total. The van der Waals surface area contributed by atoms with E-state index in [0.717, 1.165) is 33.6 Å². The molecule has 1 aromatic heterocycles. The van der Waals surface area contributed by atoms with E-state index in [1.54, 1.807) is 0 Å². The number of likely N-dealkylation sites (N-methyl/N-ethyl adjacent to an activating group) is 1. The van der Waals surface area contributed by atoms with Crippen molar-refractivity contribution in [2.75, 3.05) is 38.7 Å². The lowest BCUT2D eigenvalue weighted by Gasteiger charge is -2.25. The van der Waals surface area contributed by atoms with E-state index in [0.29, 0.717) is 24.7 Å². The van der Waals surface area contributed by atoms with Crippen molar-refractivity contribution >= 4 is 32.6 Å². The second kappa shape index (κ2) is 11.3. The largest absolute Gasteiger partial charge is 0.492 e. The van der Waals surface area contributed by atoms with Gasteiger partial charge >= 0.3 is 0 Å². The highest BCUT2D eigenvalue weighted by molar-refractivity contribution is 7.22. The molecule has 0 aliphatic rings. The molecular weight excluding hydrogens is 442 g/mol. The Kier molecular flexibility index (Phi) is 7.93. The Labute approximate surface area is 205 Å². The number of amides is 1. The van der Waals surface area contributed by atoms with Crippen molar-refractivity contribution in [3.05, 3.63) is 90.0 Å². The number of anilines is 1. The number of nitrogens with zero attached hydrogens (tertiary/aromatic N) is 3. The van der Waals surface area contributed by atoms with Crippen LogP contribution in [0.3, 0.4) is 0 Å². The van der Waals surface area contributed by atoms with Gasteiger partial charge in [-0.15, -0.1) is 0 Å². The van der Waals surface area contributed by atoms with Crippen LogP contribution in [0.4, 0.5) is 5.13 Å². The molecule has 0 unspecified atom stereocenters. The van der Waals surface area contributed by atoms with Crippen LogP contribution in [0.15, 0.2) is 78.9 Å². The number of benzene rings is 3. The summed E-state index contributed by atoms with van der Waals surface area (Å²) in [4.78, 5) is 22.6. The number of para-hydroxylation sites is 1. The Balaban J connectivity index is 1.68. The summed E-state index contributed by atoms with van der Waals surface area (Å²) < 4.78 is 6.80. The minimum atomic E-state index is -0.0230. The van der Waals surface area contributed by atoms with Crippen LogP contribution in [-0.2, 0) is 4.79 Å². The van der Waals surface area contributed by atoms with E-state index >= 15 is 0 Å². The van der Waals surface area contributed by atoms with E-state index in [2.05, 4.69) is 29.2 Å². The number of ether oxygens (including phenoxy) is 1. The molecule has 3 aromatic carbocycles. The number of carbonyl (C=O) groups excluding carboxylic acids is 1. The molecule has 0 aliphatic carbocycles. The fraction of sp³-hybridized carbons (Fsp3) is 0.286. The number of thiazole rings is 1. The van der Waals surface area contributed by atoms with Gasteiger partial charge in [-0.3, -0.25) is 9.69 Å². The van der Waals surface area contributed by atoms with Crippen molar-refractivity contribution in [1.29, 1.82) is 0 Å². The summed E-state index contributed by atoms with van der Waals surface area (Å²) in [6.07, 6.45) is 0.371. The minimum Gasteiger partial charge on any atom is -0.492 e. The number of rotatable bonds is 10. The summed E-state index contributed by atoms with van der Waals surface area (Å²) in [5.74, 6) is 0.802. The number of aromatic nitrogens is 1. The van der Waals surface area contributed by atoms with Crippen LogP contribution < -0.4 is 9.64 Å². The first-order valence-corrected chi connectivity index (χ1v) is 12.5. The molecule has 0 aliphatic heterocycles. The molecule has 34 heavy (non-hydrogen) atoms. The SMILES string of the molecule is CCOc1cccc2sc(N(CCN(C)C)C(=O)CC(c3ccccc3)c3ccccc3)nc12. The van der Waals surface area contributed by atoms with E-state index < -0.39 is 0 Å². The van der Waals surface area contributed by atoms with Gasteiger partial charge in [0.1, 0.15) is 11.3 Å². The quantitative estimate of drug-likeness (QED) is 0.291. The molecule has 4 rings (SSSR count). The average Bonchev–Trinajstić information content (AvgIpc) is 3.29. The Morgan fingerprint density at radius 2 is 1.56 bits per heavy atom. The first-order valence-electron chi connectivity index (χ1n) is 11.6. The number of hydrogen-bond acceptors (Lipinski definition) is 5. The van der Waals surface area contributed by atoms with Crippen LogP contribution in [0.1, 0.15) is 30.4 Å². The van der Waals surface area contributed by atoms with Gasteiger partial charge < -0.3 is 9.64 Å². The Bertz CT molecular complexity index is 1170. The van der Waals surface area contributed by atoms with Gasteiger partial charge in [0.15, 0.2) is 5.13 Å². The second-order valence-corrected chi connectivity index (χ2v) is 9.47.